The summed E-state index contributed by atoms with van der Waals surface area (Å²) < 4.78 is 26.5. The molecule has 42 heavy (non-hydrogen) atoms. The van der Waals surface area contributed by atoms with Crippen LogP contribution in [0.5, 0.6) is 0 Å². The molecule has 0 radical (unpaired) electrons. The van der Waals surface area contributed by atoms with Gasteiger partial charge >= 0.3 is 0 Å². The van der Waals surface area contributed by atoms with Crippen LogP contribution in [0.4, 0.5) is 11.4 Å². The van der Waals surface area contributed by atoms with Gasteiger partial charge in [0.2, 0.25) is 21.8 Å². The zero-order valence-corrected chi connectivity index (χ0v) is 25.9. The van der Waals surface area contributed by atoms with Crippen molar-refractivity contribution in [2.75, 3.05) is 17.1 Å². The third-order valence-corrected chi connectivity index (χ3v) is 7.86. The highest BCUT2D eigenvalue weighted by molar-refractivity contribution is 7.92. The second-order valence-electron chi connectivity index (χ2n) is 10.7. The van der Waals surface area contributed by atoms with E-state index in [-0.39, 0.29) is 29.4 Å². The number of nitrogens with one attached hydrogen (secondary N) is 1. The average molecular weight is 636 g/mol. The predicted molar refractivity (Wildman–Crippen MR) is 164 cm³/mol. The molecule has 0 aliphatic heterocycles. The summed E-state index contributed by atoms with van der Waals surface area (Å²) in [6.07, 6.45) is 1.02. The average Bonchev–Trinajstić information content (AvgIpc) is 2.89. The highest BCUT2D eigenvalue weighted by Gasteiger charge is 2.35. The molecule has 0 fully saturated rings. The molecule has 224 valence electrons. The normalized spacial score (nSPS) is 12.3. The largest absolute Gasteiger partial charge is 0.350 e. The molecule has 0 unspecified atom stereocenters. The quantitative estimate of drug-likeness (QED) is 0.227. The van der Waals surface area contributed by atoms with E-state index in [1.54, 1.807) is 32.9 Å². The zero-order valence-electron chi connectivity index (χ0n) is 23.6. The van der Waals surface area contributed by atoms with E-state index >= 15 is 0 Å². The Balaban J connectivity index is 2.12. The van der Waals surface area contributed by atoms with Gasteiger partial charge in [0.05, 0.1) is 16.9 Å². The van der Waals surface area contributed by atoms with E-state index in [1.165, 1.54) is 29.2 Å². The Morgan fingerprint density at radius 3 is 2.24 bits per heavy atom. The fraction of sp³-hybridized carbons (Fsp3) is 0.310. The number of sulfonamides is 1. The second-order valence-corrected chi connectivity index (χ2v) is 13.5. The number of hydrogen-bond donors (Lipinski definition) is 1. The molecule has 10 nitrogen and oxygen atoms in total. The monoisotopic (exact) mass is 634 g/mol. The fourth-order valence-corrected chi connectivity index (χ4v) is 5.53. The van der Waals surface area contributed by atoms with E-state index in [0.29, 0.717) is 10.6 Å². The molecule has 3 aromatic rings. The Morgan fingerprint density at radius 1 is 1.00 bits per heavy atom. The summed E-state index contributed by atoms with van der Waals surface area (Å²) in [7, 11) is -4.09. The van der Waals surface area contributed by atoms with E-state index in [0.717, 1.165) is 22.2 Å². The first kappa shape index (κ1) is 32.8. The molecule has 0 saturated heterocycles. The van der Waals surface area contributed by atoms with Crippen LogP contribution in [0.15, 0.2) is 72.8 Å². The van der Waals surface area contributed by atoms with Gasteiger partial charge in [0.1, 0.15) is 12.6 Å². The van der Waals surface area contributed by atoms with Gasteiger partial charge in [0, 0.05) is 40.7 Å². The minimum absolute atomic E-state index is 0.0664. The number of amides is 2. The van der Waals surface area contributed by atoms with Crippen molar-refractivity contribution in [1.29, 1.82) is 0 Å². The molecule has 1 atom stereocenters. The van der Waals surface area contributed by atoms with Crippen molar-refractivity contribution >= 4 is 56.4 Å². The third kappa shape index (κ3) is 9.17. The van der Waals surface area contributed by atoms with Gasteiger partial charge in [-0.1, -0.05) is 65.7 Å². The van der Waals surface area contributed by atoms with Crippen molar-refractivity contribution in [3.63, 3.8) is 0 Å². The smallest absolute Gasteiger partial charge is 0.271 e. The number of halogens is 2. The summed E-state index contributed by atoms with van der Waals surface area (Å²) in [5, 5.41) is 14.9. The van der Waals surface area contributed by atoms with Crippen molar-refractivity contribution in [3.05, 3.63) is 104 Å². The van der Waals surface area contributed by atoms with Gasteiger partial charge in [0.15, 0.2) is 0 Å². The van der Waals surface area contributed by atoms with E-state index in [4.69, 9.17) is 23.2 Å². The van der Waals surface area contributed by atoms with Crippen LogP contribution in [0.2, 0.25) is 10.0 Å². The Labute approximate surface area is 255 Å². The van der Waals surface area contributed by atoms with Crippen molar-refractivity contribution in [2.45, 2.75) is 45.3 Å². The fourth-order valence-electron chi connectivity index (χ4n) is 4.22. The van der Waals surface area contributed by atoms with Crippen molar-refractivity contribution < 1.29 is 22.9 Å². The molecular formula is C29H32Cl2N4O6S. The zero-order chi connectivity index (χ0) is 31.2. The first-order chi connectivity index (χ1) is 19.5. The van der Waals surface area contributed by atoms with Crippen molar-refractivity contribution in [2.24, 2.45) is 0 Å². The number of carbonyl (C=O) groups excluding carboxylic acids is 2. The Hall–Kier alpha value is -3.67. The first-order valence-electron chi connectivity index (χ1n) is 12.9. The molecule has 0 bridgehead atoms. The third-order valence-electron chi connectivity index (χ3n) is 6.13. The number of nitrogens with zero attached hydrogens (tertiary/aromatic N) is 3. The summed E-state index contributed by atoms with van der Waals surface area (Å²) in [5.74, 6) is -1.17. The molecule has 0 saturated carbocycles. The van der Waals surface area contributed by atoms with E-state index < -0.39 is 44.9 Å². The van der Waals surface area contributed by atoms with Crippen LogP contribution in [0.3, 0.4) is 0 Å². The molecule has 1 N–H and O–H groups in total. The Morgan fingerprint density at radius 2 is 1.67 bits per heavy atom. The lowest BCUT2D eigenvalue weighted by molar-refractivity contribution is -0.384. The van der Waals surface area contributed by atoms with Gasteiger partial charge in [-0.2, -0.15) is 0 Å². The van der Waals surface area contributed by atoms with Crippen LogP contribution in [0.25, 0.3) is 0 Å². The van der Waals surface area contributed by atoms with Crippen LogP contribution in [0.1, 0.15) is 31.9 Å². The number of benzene rings is 3. The molecule has 3 aromatic carbocycles. The number of hydrogen-bond acceptors (Lipinski definition) is 6. The summed E-state index contributed by atoms with van der Waals surface area (Å²) >= 11 is 12.5. The van der Waals surface area contributed by atoms with Gasteiger partial charge in [-0.15, -0.1) is 0 Å². The van der Waals surface area contributed by atoms with Crippen LogP contribution >= 0.6 is 23.2 Å². The maximum Gasteiger partial charge on any atom is 0.271 e. The number of nitro benzene ring substituents is 1. The van der Waals surface area contributed by atoms with E-state index in [9.17, 15) is 28.1 Å². The maximum absolute atomic E-state index is 14.1. The molecule has 0 aliphatic rings. The van der Waals surface area contributed by atoms with Crippen molar-refractivity contribution in [1.82, 2.24) is 10.2 Å². The van der Waals surface area contributed by atoms with E-state index in [1.807, 2.05) is 30.3 Å². The Bertz CT molecular complexity index is 1560. The summed E-state index contributed by atoms with van der Waals surface area (Å²) in [4.78, 5) is 39.8. The molecule has 13 heteroatoms. The van der Waals surface area contributed by atoms with Crippen LogP contribution in [0, 0.1) is 10.1 Å². The number of rotatable bonds is 11. The van der Waals surface area contributed by atoms with Crippen LogP contribution < -0.4 is 9.62 Å². The van der Waals surface area contributed by atoms with E-state index in [2.05, 4.69) is 5.32 Å². The van der Waals surface area contributed by atoms with Gasteiger partial charge in [0.25, 0.3) is 5.69 Å². The minimum atomic E-state index is -4.09. The minimum Gasteiger partial charge on any atom is -0.350 e. The highest BCUT2D eigenvalue weighted by Crippen LogP contribution is 2.27. The molecule has 3 rings (SSSR count). The number of nitro groups is 1. The number of anilines is 1. The summed E-state index contributed by atoms with van der Waals surface area (Å²) in [6, 6.07) is 17.7. The van der Waals surface area contributed by atoms with Crippen LogP contribution in [-0.2, 0) is 32.6 Å². The van der Waals surface area contributed by atoms with Gasteiger partial charge in [-0.05, 0) is 50.1 Å². The lowest BCUT2D eigenvalue weighted by Crippen LogP contribution is -2.56. The first-order valence-corrected chi connectivity index (χ1v) is 15.5. The molecule has 0 heterocycles. The van der Waals surface area contributed by atoms with Gasteiger partial charge in [-0.25, -0.2) is 8.42 Å². The SMILES string of the molecule is CC(C)(C)NC(=O)[C@H](Cc1ccccc1)N(Cc1ccc(Cl)cc1Cl)C(=O)CN(c1cccc([N+](=O)[O-])c1)S(C)(=O)=O. The molecule has 2 amide bonds. The van der Waals surface area contributed by atoms with Crippen molar-refractivity contribution in [3.8, 4) is 0 Å². The standard InChI is InChI=1S/C29H32Cl2N4O6S/c1-29(2,3)32-28(37)26(15-20-9-6-5-7-10-20)33(18-21-13-14-22(30)16-25(21)31)27(36)19-34(42(4,40)41)23-11-8-12-24(17-23)35(38)39/h5-14,16-17,26H,15,18-19H2,1-4H3,(H,32,37)/t26-/m0/s1. The van der Waals surface area contributed by atoms with Crippen LogP contribution in [-0.4, -0.2) is 54.4 Å². The molecular weight excluding hydrogens is 603 g/mol. The number of carbonyl (C=O) groups is 2. The summed E-state index contributed by atoms with van der Waals surface area (Å²) in [5.41, 5.74) is 0.205. The summed E-state index contributed by atoms with van der Waals surface area (Å²) in [6.45, 7) is 4.55. The number of non-ortho nitro benzene ring substituents is 1. The lowest BCUT2D eigenvalue weighted by Gasteiger charge is -2.35. The highest BCUT2D eigenvalue weighted by atomic mass is 35.5. The molecule has 0 aliphatic carbocycles. The predicted octanol–water partition coefficient (Wildman–Crippen LogP) is 5.22. The molecule has 0 aromatic heterocycles. The molecule has 0 spiro atoms. The lowest BCUT2D eigenvalue weighted by atomic mass is 10.0. The van der Waals surface area contributed by atoms with Gasteiger partial charge < -0.3 is 10.2 Å². The topological polar surface area (TPSA) is 130 Å². The maximum atomic E-state index is 14.1. The Kier molecular flexibility index (Phi) is 10.6. The van der Waals surface area contributed by atoms with Gasteiger partial charge in [-0.3, -0.25) is 24.0 Å². The second kappa shape index (κ2) is 13.5.